The van der Waals surface area contributed by atoms with Crippen molar-refractivity contribution < 1.29 is 4.74 Å². The van der Waals surface area contributed by atoms with Crippen molar-refractivity contribution in [1.82, 2.24) is 25.4 Å². The highest BCUT2D eigenvalue weighted by molar-refractivity contribution is 14.0. The fourth-order valence-corrected chi connectivity index (χ4v) is 4.30. The van der Waals surface area contributed by atoms with Crippen LogP contribution in [-0.4, -0.2) is 64.1 Å². The number of thioether (sulfide) groups is 1. The molecule has 0 bridgehead atoms. The molecule has 1 fully saturated rings. The van der Waals surface area contributed by atoms with Gasteiger partial charge in [0.05, 0.1) is 13.1 Å². The van der Waals surface area contributed by atoms with Crippen LogP contribution in [0.4, 0.5) is 0 Å². The molecule has 9 heteroatoms. The molecule has 0 radical (unpaired) electrons. The van der Waals surface area contributed by atoms with E-state index in [2.05, 4.69) is 45.5 Å². The monoisotopic (exact) mass is 508 g/mol. The molecule has 7 nitrogen and oxygen atoms in total. The number of guanidine groups is 1. The van der Waals surface area contributed by atoms with Crippen molar-refractivity contribution in [3.63, 3.8) is 0 Å². The molecule has 1 aromatic rings. The minimum absolute atomic E-state index is 0. The number of hydrogen-bond acceptors (Lipinski definition) is 5. The van der Waals surface area contributed by atoms with Crippen LogP contribution in [-0.2, 0) is 24.1 Å². The Labute approximate surface area is 183 Å². The minimum Gasteiger partial charge on any atom is -0.381 e. The van der Waals surface area contributed by atoms with Gasteiger partial charge in [0.25, 0.3) is 0 Å². The summed E-state index contributed by atoms with van der Waals surface area (Å²) in [5.74, 6) is 2.98. The minimum atomic E-state index is 0. The summed E-state index contributed by atoms with van der Waals surface area (Å²) in [5.41, 5.74) is 0. The Balaban J connectivity index is 0.00000261. The van der Waals surface area contributed by atoms with E-state index in [1.165, 1.54) is 0 Å². The molecule has 1 atom stereocenters. The number of hydrogen-bond donors (Lipinski definition) is 2. The number of ether oxygens (including phenoxy) is 1. The highest BCUT2D eigenvalue weighted by Gasteiger charge is 2.32. The lowest BCUT2D eigenvalue weighted by Crippen LogP contribution is -2.48. The van der Waals surface area contributed by atoms with Gasteiger partial charge in [0.15, 0.2) is 11.8 Å². The van der Waals surface area contributed by atoms with E-state index in [-0.39, 0.29) is 28.7 Å². The molecule has 0 saturated carbocycles. The van der Waals surface area contributed by atoms with Crippen LogP contribution in [0.1, 0.15) is 44.8 Å². The standard InChI is InChI=1S/C18H32N6OS.HI/c1-4-15-22-16-7-6-14(12-24(16)23-15)21-17(19-5-2)20-13-18(26-3)8-10-25-11-9-18;/h14H,4-13H2,1-3H3,(H2,19,20,21);1H. The zero-order chi connectivity index (χ0) is 18.4. The Hall–Kier alpha value is -0.550. The van der Waals surface area contributed by atoms with E-state index in [1.54, 1.807) is 0 Å². The van der Waals surface area contributed by atoms with Crippen molar-refractivity contribution in [2.45, 2.75) is 63.3 Å². The molecule has 1 saturated heterocycles. The number of nitrogens with one attached hydrogen (secondary N) is 2. The quantitative estimate of drug-likeness (QED) is 0.349. The van der Waals surface area contributed by atoms with Crippen molar-refractivity contribution in [1.29, 1.82) is 0 Å². The molecule has 0 spiro atoms. The molecule has 0 amide bonds. The molecule has 2 N–H and O–H groups in total. The zero-order valence-electron chi connectivity index (χ0n) is 16.7. The molecule has 1 aromatic heterocycles. The van der Waals surface area contributed by atoms with E-state index in [0.717, 1.165) is 82.6 Å². The van der Waals surface area contributed by atoms with Gasteiger partial charge in [0.2, 0.25) is 0 Å². The summed E-state index contributed by atoms with van der Waals surface area (Å²) in [6.45, 7) is 8.45. The van der Waals surface area contributed by atoms with Gasteiger partial charge in [-0.1, -0.05) is 6.92 Å². The lowest BCUT2D eigenvalue weighted by molar-refractivity contribution is 0.0794. The van der Waals surface area contributed by atoms with Gasteiger partial charge in [-0.2, -0.15) is 16.9 Å². The predicted molar refractivity (Wildman–Crippen MR) is 122 cm³/mol. The van der Waals surface area contributed by atoms with E-state index in [1.807, 2.05) is 11.8 Å². The first-order chi connectivity index (χ1) is 12.7. The zero-order valence-corrected chi connectivity index (χ0v) is 19.8. The lowest BCUT2D eigenvalue weighted by Gasteiger charge is -2.34. The third-order valence-corrected chi connectivity index (χ3v) is 6.67. The van der Waals surface area contributed by atoms with Crippen LogP contribution >= 0.6 is 35.7 Å². The summed E-state index contributed by atoms with van der Waals surface area (Å²) in [7, 11) is 0. The predicted octanol–water partition coefficient (Wildman–Crippen LogP) is 2.24. The first kappa shape index (κ1) is 22.7. The third-order valence-electron chi connectivity index (χ3n) is 5.27. The van der Waals surface area contributed by atoms with Gasteiger partial charge in [-0.3, -0.25) is 4.99 Å². The number of aliphatic imine (C=N–C) groups is 1. The Morgan fingerprint density at radius 1 is 1.37 bits per heavy atom. The van der Waals surface area contributed by atoms with Crippen LogP contribution in [0.15, 0.2) is 4.99 Å². The summed E-state index contributed by atoms with van der Waals surface area (Å²) in [4.78, 5) is 9.52. The lowest BCUT2D eigenvalue weighted by atomic mass is 9.99. The first-order valence-corrected chi connectivity index (χ1v) is 11.0. The van der Waals surface area contributed by atoms with Crippen molar-refractivity contribution in [3.8, 4) is 0 Å². The average Bonchev–Trinajstić information content (AvgIpc) is 3.09. The molecular formula is C18H33IN6OS. The number of rotatable bonds is 6. The molecule has 0 aromatic carbocycles. The maximum atomic E-state index is 5.54. The second kappa shape index (κ2) is 10.8. The summed E-state index contributed by atoms with van der Waals surface area (Å²) in [5, 5.41) is 11.6. The number of halogens is 1. The van der Waals surface area contributed by atoms with Crippen LogP contribution in [0.2, 0.25) is 0 Å². The third kappa shape index (κ3) is 5.96. The van der Waals surface area contributed by atoms with Gasteiger partial charge in [-0.15, -0.1) is 24.0 Å². The topological polar surface area (TPSA) is 76.4 Å². The summed E-state index contributed by atoms with van der Waals surface area (Å²) >= 11 is 1.93. The average molecular weight is 508 g/mol. The number of nitrogens with zero attached hydrogens (tertiary/aromatic N) is 4. The van der Waals surface area contributed by atoms with Gasteiger partial charge >= 0.3 is 0 Å². The molecule has 3 heterocycles. The number of aryl methyl sites for hydroxylation is 2. The largest absolute Gasteiger partial charge is 0.381 e. The summed E-state index contributed by atoms with van der Waals surface area (Å²) in [6.07, 6.45) is 7.26. The van der Waals surface area contributed by atoms with Crippen molar-refractivity contribution in [3.05, 3.63) is 11.6 Å². The van der Waals surface area contributed by atoms with Gasteiger partial charge in [0, 0.05) is 43.4 Å². The Bertz CT molecular complexity index is 617. The van der Waals surface area contributed by atoms with Crippen LogP contribution in [0, 0.1) is 0 Å². The van der Waals surface area contributed by atoms with Crippen LogP contribution in [0.3, 0.4) is 0 Å². The smallest absolute Gasteiger partial charge is 0.191 e. The second-order valence-electron chi connectivity index (χ2n) is 7.05. The van der Waals surface area contributed by atoms with Crippen LogP contribution in [0.5, 0.6) is 0 Å². The van der Waals surface area contributed by atoms with Crippen LogP contribution < -0.4 is 10.6 Å². The molecule has 2 aliphatic rings. The van der Waals surface area contributed by atoms with Crippen LogP contribution in [0.25, 0.3) is 0 Å². The Kier molecular flexibility index (Phi) is 9.13. The van der Waals surface area contributed by atoms with Gasteiger partial charge in [-0.05, 0) is 32.4 Å². The van der Waals surface area contributed by atoms with E-state index in [4.69, 9.17) is 9.73 Å². The molecule has 0 aliphatic carbocycles. The highest BCUT2D eigenvalue weighted by atomic mass is 127. The highest BCUT2D eigenvalue weighted by Crippen LogP contribution is 2.34. The first-order valence-electron chi connectivity index (χ1n) is 9.78. The molecule has 3 rings (SSSR count). The molecule has 2 aliphatic heterocycles. The molecular weight excluding hydrogens is 475 g/mol. The fraction of sp³-hybridized carbons (Fsp3) is 0.833. The van der Waals surface area contributed by atoms with E-state index < -0.39 is 0 Å². The summed E-state index contributed by atoms with van der Waals surface area (Å²) in [6, 6.07) is 0.339. The van der Waals surface area contributed by atoms with Crippen molar-refractivity contribution in [2.24, 2.45) is 4.99 Å². The van der Waals surface area contributed by atoms with E-state index >= 15 is 0 Å². The fourth-order valence-electron chi connectivity index (χ4n) is 3.53. The number of fused-ring (bicyclic) bond motifs is 1. The second-order valence-corrected chi connectivity index (χ2v) is 8.33. The SMILES string of the molecule is CCNC(=NCC1(SC)CCOCC1)NC1CCc2nc(CC)nn2C1.I. The number of aromatic nitrogens is 3. The van der Waals surface area contributed by atoms with Gasteiger partial charge < -0.3 is 15.4 Å². The molecule has 27 heavy (non-hydrogen) atoms. The van der Waals surface area contributed by atoms with Gasteiger partial charge in [-0.25, -0.2) is 9.67 Å². The normalized spacial score (nSPS) is 21.9. The maximum absolute atomic E-state index is 5.54. The van der Waals surface area contributed by atoms with Crippen molar-refractivity contribution >= 4 is 41.7 Å². The van der Waals surface area contributed by atoms with E-state index in [0.29, 0.717) is 6.04 Å². The van der Waals surface area contributed by atoms with Gasteiger partial charge in [0.1, 0.15) is 5.82 Å². The van der Waals surface area contributed by atoms with Crippen molar-refractivity contribution in [2.75, 3.05) is 32.6 Å². The maximum Gasteiger partial charge on any atom is 0.191 e. The Morgan fingerprint density at radius 2 is 2.15 bits per heavy atom. The molecule has 154 valence electrons. The Morgan fingerprint density at radius 3 is 2.81 bits per heavy atom. The molecule has 1 unspecified atom stereocenters. The van der Waals surface area contributed by atoms with E-state index in [9.17, 15) is 0 Å². The summed E-state index contributed by atoms with van der Waals surface area (Å²) < 4.78 is 7.81.